The number of carbonyl (C=O) groups is 1. The Kier molecular flexibility index (Phi) is 7.18. The molecule has 0 radical (unpaired) electrons. The first kappa shape index (κ1) is 20.8. The molecule has 1 amide bonds. The lowest BCUT2D eigenvalue weighted by atomic mass is 10.1. The summed E-state index contributed by atoms with van der Waals surface area (Å²) >= 11 is 5.49. The maximum absolute atomic E-state index is 12.2. The number of anilines is 1. The SMILES string of the molecule is C/C(=N/NC(=O)CN(c1ccc(Br)cc1)S(C)(=O)=O)c1cccc(I)c1. The summed E-state index contributed by atoms with van der Waals surface area (Å²) in [6.07, 6.45) is 1.06. The summed E-state index contributed by atoms with van der Waals surface area (Å²) in [4.78, 5) is 12.2. The van der Waals surface area contributed by atoms with Gasteiger partial charge in [0.1, 0.15) is 6.54 Å². The fraction of sp³-hybridized carbons (Fsp3) is 0.176. The van der Waals surface area contributed by atoms with Crippen LogP contribution in [0.25, 0.3) is 0 Å². The average Bonchev–Trinajstić information content (AvgIpc) is 2.57. The highest BCUT2D eigenvalue weighted by atomic mass is 127. The fourth-order valence-corrected chi connectivity index (χ4v) is 3.76. The summed E-state index contributed by atoms with van der Waals surface area (Å²) in [5, 5.41) is 4.06. The van der Waals surface area contributed by atoms with Gasteiger partial charge in [0.25, 0.3) is 5.91 Å². The molecule has 0 aliphatic heterocycles. The van der Waals surface area contributed by atoms with Crippen LogP contribution >= 0.6 is 38.5 Å². The van der Waals surface area contributed by atoms with Gasteiger partial charge < -0.3 is 0 Å². The predicted molar refractivity (Wildman–Crippen MR) is 116 cm³/mol. The van der Waals surface area contributed by atoms with E-state index in [1.165, 1.54) is 0 Å². The second kappa shape index (κ2) is 8.96. The van der Waals surface area contributed by atoms with Crippen LogP contribution in [0.5, 0.6) is 0 Å². The van der Waals surface area contributed by atoms with Crippen molar-refractivity contribution in [3.05, 3.63) is 62.1 Å². The monoisotopic (exact) mass is 549 g/mol. The van der Waals surface area contributed by atoms with Crippen LogP contribution in [-0.2, 0) is 14.8 Å². The Hall–Kier alpha value is -1.46. The highest BCUT2D eigenvalue weighted by Gasteiger charge is 2.20. The Morgan fingerprint density at radius 3 is 2.46 bits per heavy atom. The van der Waals surface area contributed by atoms with Gasteiger partial charge in [0, 0.05) is 8.04 Å². The van der Waals surface area contributed by atoms with Crippen LogP contribution in [0.15, 0.2) is 58.1 Å². The number of hydrogen-bond donors (Lipinski definition) is 1. The van der Waals surface area contributed by atoms with Gasteiger partial charge in [0.15, 0.2) is 0 Å². The topological polar surface area (TPSA) is 78.8 Å². The third-order valence-electron chi connectivity index (χ3n) is 3.39. The number of nitrogens with zero attached hydrogens (tertiary/aromatic N) is 2. The second-order valence-electron chi connectivity index (χ2n) is 5.49. The molecule has 0 saturated heterocycles. The van der Waals surface area contributed by atoms with Crippen LogP contribution in [-0.4, -0.2) is 32.8 Å². The number of amides is 1. The molecule has 26 heavy (non-hydrogen) atoms. The highest BCUT2D eigenvalue weighted by Crippen LogP contribution is 2.20. The molecule has 0 aliphatic rings. The molecule has 2 aromatic carbocycles. The molecular formula is C17H17BrIN3O3S. The first-order valence-electron chi connectivity index (χ1n) is 7.49. The lowest BCUT2D eigenvalue weighted by Gasteiger charge is -2.21. The fourth-order valence-electron chi connectivity index (χ4n) is 2.10. The minimum atomic E-state index is -3.61. The predicted octanol–water partition coefficient (Wildman–Crippen LogP) is 3.36. The van der Waals surface area contributed by atoms with Crippen molar-refractivity contribution in [2.24, 2.45) is 5.10 Å². The van der Waals surface area contributed by atoms with E-state index in [2.05, 4.69) is 49.0 Å². The minimum absolute atomic E-state index is 0.358. The van der Waals surface area contributed by atoms with E-state index in [0.29, 0.717) is 11.4 Å². The normalized spacial score (nSPS) is 11.9. The first-order chi connectivity index (χ1) is 12.2. The van der Waals surface area contributed by atoms with Crippen molar-refractivity contribution in [3.8, 4) is 0 Å². The van der Waals surface area contributed by atoms with E-state index in [-0.39, 0.29) is 6.54 Å². The number of carbonyl (C=O) groups excluding carboxylic acids is 1. The van der Waals surface area contributed by atoms with Crippen molar-refractivity contribution in [2.45, 2.75) is 6.92 Å². The molecular weight excluding hydrogens is 533 g/mol. The molecule has 1 N–H and O–H groups in total. The quantitative estimate of drug-likeness (QED) is 0.341. The van der Waals surface area contributed by atoms with Crippen molar-refractivity contribution in [1.82, 2.24) is 5.43 Å². The second-order valence-corrected chi connectivity index (χ2v) is 9.56. The van der Waals surface area contributed by atoms with Gasteiger partial charge in [-0.1, -0.05) is 28.1 Å². The zero-order valence-corrected chi connectivity index (χ0v) is 18.7. The van der Waals surface area contributed by atoms with Crippen molar-refractivity contribution >= 4 is 65.9 Å². The lowest BCUT2D eigenvalue weighted by Crippen LogP contribution is -2.39. The van der Waals surface area contributed by atoms with E-state index < -0.39 is 15.9 Å². The standard InChI is InChI=1S/C17H17BrIN3O3S/c1-12(13-4-3-5-15(19)10-13)20-21-17(23)11-22(26(2,24)25)16-8-6-14(18)7-9-16/h3-10H,11H2,1-2H3,(H,21,23)/b20-12-. The molecule has 0 saturated carbocycles. The van der Waals surface area contributed by atoms with E-state index in [4.69, 9.17) is 0 Å². The average molecular weight is 550 g/mol. The van der Waals surface area contributed by atoms with E-state index in [9.17, 15) is 13.2 Å². The maximum atomic E-state index is 12.2. The number of benzene rings is 2. The van der Waals surface area contributed by atoms with Crippen molar-refractivity contribution in [1.29, 1.82) is 0 Å². The van der Waals surface area contributed by atoms with Gasteiger partial charge in [-0.2, -0.15) is 5.10 Å². The van der Waals surface area contributed by atoms with Gasteiger partial charge in [-0.25, -0.2) is 13.8 Å². The third kappa shape index (κ3) is 6.06. The van der Waals surface area contributed by atoms with Crippen molar-refractivity contribution < 1.29 is 13.2 Å². The molecule has 6 nitrogen and oxygen atoms in total. The Morgan fingerprint density at radius 2 is 1.88 bits per heavy atom. The summed E-state index contributed by atoms with van der Waals surface area (Å²) in [5.74, 6) is -0.525. The molecule has 0 aromatic heterocycles. The largest absolute Gasteiger partial charge is 0.271 e. The zero-order valence-electron chi connectivity index (χ0n) is 14.1. The number of halogens is 2. The number of sulfonamides is 1. The number of rotatable bonds is 6. The molecule has 0 heterocycles. The molecule has 2 rings (SSSR count). The first-order valence-corrected chi connectivity index (χ1v) is 11.2. The van der Waals surface area contributed by atoms with Crippen LogP contribution in [0.3, 0.4) is 0 Å². The van der Waals surface area contributed by atoms with Gasteiger partial charge in [0.05, 0.1) is 17.7 Å². The highest BCUT2D eigenvalue weighted by molar-refractivity contribution is 14.1. The van der Waals surface area contributed by atoms with Gasteiger partial charge in [-0.15, -0.1) is 0 Å². The number of hydrogen-bond acceptors (Lipinski definition) is 4. The molecule has 0 atom stereocenters. The van der Waals surface area contributed by atoms with Gasteiger partial charge in [0.2, 0.25) is 10.0 Å². The van der Waals surface area contributed by atoms with E-state index in [1.54, 1.807) is 31.2 Å². The van der Waals surface area contributed by atoms with Gasteiger partial charge >= 0.3 is 0 Å². The molecule has 0 bridgehead atoms. The summed E-state index contributed by atoms with van der Waals surface area (Å²) in [5.41, 5.74) is 4.33. The van der Waals surface area contributed by atoms with Crippen molar-refractivity contribution in [2.75, 3.05) is 17.1 Å². The van der Waals surface area contributed by atoms with Crippen molar-refractivity contribution in [3.63, 3.8) is 0 Å². The maximum Gasteiger partial charge on any atom is 0.260 e. The number of hydrazone groups is 1. The minimum Gasteiger partial charge on any atom is -0.271 e. The summed E-state index contributed by atoms with van der Waals surface area (Å²) in [6.45, 7) is 1.41. The molecule has 0 unspecified atom stereocenters. The summed E-state index contributed by atoms with van der Waals surface area (Å²) in [6, 6.07) is 14.4. The zero-order chi connectivity index (χ0) is 19.3. The number of nitrogens with one attached hydrogen (secondary N) is 1. The van der Waals surface area contributed by atoms with Gasteiger partial charge in [-0.05, 0) is 71.5 Å². The van der Waals surface area contributed by atoms with E-state index in [0.717, 1.165) is 24.2 Å². The Bertz CT molecular complexity index is 931. The van der Waals surface area contributed by atoms with E-state index >= 15 is 0 Å². The third-order valence-corrected chi connectivity index (χ3v) is 5.73. The van der Waals surface area contributed by atoms with E-state index in [1.807, 2.05) is 24.3 Å². The molecule has 138 valence electrons. The molecule has 9 heteroatoms. The van der Waals surface area contributed by atoms with Crippen LogP contribution in [0.4, 0.5) is 5.69 Å². The smallest absolute Gasteiger partial charge is 0.260 e. The van der Waals surface area contributed by atoms with Gasteiger partial charge in [-0.3, -0.25) is 9.10 Å². The van der Waals surface area contributed by atoms with Crippen LogP contribution in [0, 0.1) is 3.57 Å². The molecule has 0 fully saturated rings. The summed E-state index contributed by atoms with van der Waals surface area (Å²) < 4.78 is 27.0. The molecule has 0 aliphatic carbocycles. The van der Waals surface area contributed by atoms with Crippen LogP contribution < -0.4 is 9.73 Å². The molecule has 2 aromatic rings. The lowest BCUT2D eigenvalue weighted by molar-refractivity contribution is -0.119. The Morgan fingerprint density at radius 1 is 1.23 bits per heavy atom. The molecule has 0 spiro atoms. The Labute approximate surface area is 175 Å². The van der Waals surface area contributed by atoms with Crippen LogP contribution in [0.2, 0.25) is 0 Å². The van der Waals surface area contributed by atoms with Crippen LogP contribution in [0.1, 0.15) is 12.5 Å². The summed E-state index contributed by atoms with van der Waals surface area (Å²) in [7, 11) is -3.61. The Balaban J connectivity index is 2.12.